The molecule has 2 N–H and O–H groups in total. The molecule has 1 amide bonds. The molecule has 130 valence electrons. The number of hydrogen-bond acceptors (Lipinski definition) is 5. The van der Waals surface area contributed by atoms with Gasteiger partial charge in [0.25, 0.3) is 0 Å². The van der Waals surface area contributed by atoms with Gasteiger partial charge in [-0.2, -0.15) is 0 Å². The van der Waals surface area contributed by atoms with Gasteiger partial charge in [-0.15, -0.1) is 11.6 Å². The van der Waals surface area contributed by atoms with Crippen LogP contribution in [0.2, 0.25) is 0 Å². The molecule has 2 unspecified atom stereocenters. The largest absolute Gasteiger partial charge is 0.453 e. The fourth-order valence-corrected chi connectivity index (χ4v) is 4.60. The van der Waals surface area contributed by atoms with Crippen LogP contribution in [0.5, 0.6) is 0 Å². The number of carbonyl (C=O) groups excluding carboxylic acids is 2. The monoisotopic (exact) mass is 345 g/mol. The predicted molar refractivity (Wildman–Crippen MR) is 82.9 cm³/mol. The van der Waals surface area contributed by atoms with Gasteiger partial charge in [-0.25, -0.2) is 4.79 Å². The summed E-state index contributed by atoms with van der Waals surface area (Å²) >= 11 is 5.79. The van der Waals surface area contributed by atoms with E-state index >= 15 is 0 Å². The molecule has 0 bridgehead atoms. The number of alkyl halides is 1. The van der Waals surface area contributed by atoms with Crippen molar-refractivity contribution in [3.05, 3.63) is 0 Å². The van der Waals surface area contributed by atoms with Crippen LogP contribution in [0.15, 0.2) is 0 Å². The van der Waals surface area contributed by atoms with E-state index in [0.717, 1.165) is 6.42 Å². The third-order valence-corrected chi connectivity index (χ3v) is 6.09. The third kappa shape index (κ3) is 2.07. The Morgan fingerprint density at radius 2 is 2.09 bits per heavy atom. The van der Waals surface area contributed by atoms with Crippen LogP contribution in [-0.4, -0.2) is 52.3 Å². The minimum atomic E-state index is -1.38. The Morgan fingerprint density at radius 3 is 2.57 bits per heavy atom. The summed E-state index contributed by atoms with van der Waals surface area (Å²) in [5, 5.41) is 13.8. The number of carbonyl (C=O) groups is 2. The standard InChI is InChI=1S/C16H24ClNO5/c1-4-8(11-10(5-2)22-11)12(19)16-14(21)23-15(16,3)9(6-7-17)13(20)18-16/h8-12,19H,4-7H2,1-3H3,(H,18,20)/t8-,9-,10?,11?,12-,15-,16-/m0/s1. The molecular formula is C16H24ClNO5. The van der Waals surface area contributed by atoms with Crippen molar-refractivity contribution in [1.82, 2.24) is 5.32 Å². The Hall–Kier alpha value is -0.850. The van der Waals surface area contributed by atoms with Gasteiger partial charge in [0, 0.05) is 11.8 Å². The molecule has 0 spiro atoms. The minimum absolute atomic E-state index is 0.0731. The van der Waals surface area contributed by atoms with Gasteiger partial charge < -0.3 is 19.9 Å². The lowest BCUT2D eigenvalue weighted by Crippen LogP contribution is -2.80. The average molecular weight is 346 g/mol. The molecule has 3 fully saturated rings. The molecule has 3 heterocycles. The molecule has 0 aromatic carbocycles. The predicted octanol–water partition coefficient (Wildman–Crippen LogP) is 0.980. The SMILES string of the molecule is CCC1OC1[C@H](CC)[C@H](O)[C@@]12NC(=O)[C@H](CCCl)[C@]1(C)OC2=O. The maximum atomic E-state index is 12.4. The lowest BCUT2D eigenvalue weighted by Gasteiger charge is -2.54. The van der Waals surface area contributed by atoms with Gasteiger partial charge >= 0.3 is 5.97 Å². The van der Waals surface area contributed by atoms with E-state index in [9.17, 15) is 14.7 Å². The number of aliphatic hydroxyl groups is 1. The second kappa shape index (κ2) is 5.60. The Morgan fingerprint density at radius 1 is 1.39 bits per heavy atom. The van der Waals surface area contributed by atoms with Crippen LogP contribution in [0.1, 0.15) is 40.0 Å². The summed E-state index contributed by atoms with van der Waals surface area (Å²) in [7, 11) is 0. The minimum Gasteiger partial charge on any atom is -0.453 e. The molecule has 3 aliphatic heterocycles. The molecule has 0 aromatic rings. The van der Waals surface area contributed by atoms with Gasteiger partial charge in [0.1, 0.15) is 0 Å². The summed E-state index contributed by atoms with van der Waals surface area (Å²) in [5.74, 6) is -1.31. The van der Waals surface area contributed by atoms with E-state index in [0.29, 0.717) is 12.8 Å². The van der Waals surface area contributed by atoms with Crippen molar-refractivity contribution in [2.45, 2.75) is 69.5 Å². The quantitative estimate of drug-likeness (QED) is 0.408. The van der Waals surface area contributed by atoms with Gasteiger partial charge in [0.05, 0.1) is 24.2 Å². The highest BCUT2D eigenvalue weighted by Gasteiger charge is 2.80. The molecule has 0 aromatic heterocycles. The average Bonchev–Trinajstić information content (AvgIpc) is 3.26. The van der Waals surface area contributed by atoms with Crippen LogP contribution in [0.25, 0.3) is 0 Å². The van der Waals surface area contributed by atoms with Crippen molar-refractivity contribution in [3.63, 3.8) is 0 Å². The highest BCUT2D eigenvalue weighted by molar-refractivity contribution is 6.18. The lowest BCUT2D eigenvalue weighted by molar-refractivity contribution is -0.239. The molecule has 3 aliphatic rings. The fraction of sp³-hybridized carbons (Fsp3) is 0.875. The summed E-state index contributed by atoms with van der Waals surface area (Å²) in [5.41, 5.74) is -2.44. The second-order valence-corrected chi connectivity index (χ2v) is 7.27. The first-order valence-electron chi connectivity index (χ1n) is 8.32. The van der Waals surface area contributed by atoms with E-state index in [1.807, 2.05) is 13.8 Å². The molecule has 7 heteroatoms. The van der Waals surface area contributed by atoms with Crippen molar-refractivity contribution in [1.29, 1.82) is 0 Å². The van der Waals surface area contributed by atoms with Crippen molar-refractivity contribution in [3.8, 4) is 0 Å². The van der Waals surface area contributed by atoms with Crippen LogP contribution in [0.3, 0.4) is 0 Å². The number of hydrogen-bond donors (Lipinski definition) is 2. The van der Waals surface area contributed by atoms with Crippen molar-refractivity contribution in [2.75, 3.05) is 5.88 Å². The first kappa shape index (κ1) is 17.0. The number of ether oxygens (including phenoxy) is 2. The normalized spacial score (nSPS) is 44.0. The molecule has 0 radical (unpaired) electrons. The van der Waals surface area contributed by atoms with Gasteiger partial charge in [-0.05, 0) is 26.2 Å². The number of rotatable bonds is 7. The first-order valence-corrected chi connectivity index (χ1v) is 8.85. The van der Waals surface area contributed by atoms with Crippen LogP contribution in [0, 0.1) is 11.8 Å². The summed E-state index contributed by atoms with van der Waals surface area (Å²) in [4.78, 5) is 24.7. The van der Waals surface area contributed by atoms with Crippen molar-refractivity contribution < 1.29 is 24.2 Å². The Balaban J connectivity index is 1.90. The number of epoxide rings is 1. The molecule has 6 nitrogen and oxygen atoms in total. The number of fused-ring (bicyclic) bond motifs is 1. The Labute approximate surface area is 140 Å². The Bertz CT molecular complexity index is 529. The molecular weight excluding hydrogens is 322 g/mol. The third-order valence-electron chi connectivity index (χ3n) is 5.88. The van der Waals surface area contributed by atoms with E-state index in [1.54, 1.807) is 6.92 Å². The van der Waals surface area contributed by atoms with E-state index in [1.165, 1.54) is 0 Å². The second-order valence-electron chi connectivity index (χ2n) is 6.89. The molecule has 0 saturated carbocycles. The lowest BCUT2D eigenvalue weighted by atomic mass is 9.64. The van der Waals surface area contributed by atoms with Crippen LogP contribution in [-0.2, 0) is 19.1 Å². The molecule has 0 aliphatic carbocycles. The maximum absolute atomic E-state index is 12.4. The van der Waals surface area contributed by atoms with E-state index in [2.05, 4.69) is 5.32 Å². The van der Waals surface area contributed by atoms with Gasteiger partial charge in [-0.3, -0.25) is 4.79 Å². The van der Waals surface area contributed by atoms with Crippen molar-refractivity contribution >= 4 is 23.5 Å². The highest BCUT2D eigenvalue weighted by atomic mass is 35.5. The number of nitrogens with one attached hydrogen (secondary N) is 1. The fourth-order valence-electron chi connectivity index (χ4n) is 4.38. The van der Waals surface area contributed by atoms with Crippen molar-refractivity contribution in [2.24, 2.45) is 11.8 Å². The number of esters is 1. The number of halogens is 1. The first-order chi connectivity index (χ1) is 10.9. The zero-order valence-corrected chi connectivity index (χ0v) is 14.4. The topological polar surface area (TPSA) is 88.2 Å². The van der Waals surface area contributed by atoms with Gasteiger partial charge in [0.2, 0.25) is 11.4 Å². The molecule has 23 heavy (non-hydrogen) atoms. The van der Waals surface area contributed by atoms with Gasteiger partial charge in [-0.1, -0.05) is 13.8 Å². The van der Waals surface area contributed by atoms with Gasteiger partial charge in [0.15, 0.2) is 5.60 Å². The summed E-state index contributed by atoms with van der Waals surface area (Å²) < 4.78 is 11.0. The van der Waals surface area contributed by atoms with E-state index in [-0.39, 0.29) is 29.9 Å². The van der Waals surface area contributed by atoms with E-state index in [4.69, 9.17) is 21.1 Å². The molecule has 3 saturated heterocycles. The van der Waals surface area contributed by atoms with Crippen LogP contribution >= 0.6 is 11.6 Å². The van der Waals surface area contributed by atoms with E-state index < -0.39 is 29.1 Å². The highest BCUT2D eigenvalue weighted by Crippen LogP contribution is 2.54. The summed E-state index contributed by atoms with van der Waals surface area (Å²) in [6, 6.07) is 0. The summed E-state index contributed by atoms with van der Waals surface area (Å²) in [6.45, 7) is 5.69. The molecule has 3 rings (SSSR count). The Kier molecular flexibility index (Phi) is 4.14. The smallest absolute Gasteiger partial charge is 0.339 e. The van der Waals surface area contributed by atoms with Crippen LogP contribution < -0.4 is 5.32 Å². The maximum Gasteiger partial charge on any atom is 0.339 e. The zero-order valence-electron chi connectivity index (χ0n) is 13.7. The van der Waals surface area contributed by atoms with Crippen LogP contribution in [0.4, 0.5) is 0 Å². The zero-order chi connectivity index (χ0) is 17.0. The number of amides is 1. The number of aliphatic hydroxyl groups excluding tert-OH is 1. The molecule has 7 atom stereocenters. The summed E-state index contributed by atoms with van der Waals surface area (Å²) in [6.07, 6.45) is 0.928.